The van der Waals surface area contributed by atoms with Crippen molar-refractivity contribution in [3.63, 3.8) is 0 Å². The molecule has 0 aliphatic carbocycles. The molecule has 0 spiro atoms. The Labute approximate surface area is 164 Å². The fourth-order valence-electron chi connectivity index (χ4n) is 3.19. The van der Waals surface area contributed by atoms with Crippen molar-refractivity contribution >= 4 is 34.9 Å². The third-order valence-corrected chi connectivity index (χ3v) is 4.91. The van der Waals surface area contributed by atoms with Crippen LogP contribution in [0.25, 0.3) is 0 Å². The quantitative estimate of drug-likeness (QED) is 0.749. The van der Waals surface area contributed by atoms with E-state index in [1.165, 1.54) is 0 Å². The van der Waals surface area contributed by atoms with Crippen LogP contribution in [0.2, 0.25) is 5.02 Å². The number of carbonyl (C=O) groups excluding carboxylic acids is 2. The second-order valence-corrected chi connectivity index (χ2v) is 7.49. The molecule has 3 amide bonds. The predicted octanol–water partition coefficient (Wildman–Crippen LogP) is 5.30. The molecule has 1 aliphatic heterocycles. The fourth-order valence-corrected chi connectivity index (χ4v) is 3.39. The van der Waals surface area contributed by atoms with E-state index in [1.807, 2.05) is 43.0 Å². The lowest BCUT2D eigenvalue weighted by molar-refractivity contribution is -0.118. The van der Waals surface area contributed by atoms with Crippen LogP contribution in [0.15, 0.2) is 48.5 Å². The number of urea groups is 1. The summed E-state index contributed by atoms with van der Waals surface area (Å²) in [6.07, 6.45) is 1.89. The average molecular weight is 386 g/mol. The highest BCUT2D eigenvalue weighted by atomic mass is 35.5. The first kappa shape index (κ1) is 19.2. The van der Waals surface area contributed by atoms with E-state index in [0.29, 0.717) is 22.9 Å². The van der Waals surface area contributed by atoms with Crippen LogP contribution in [0.1, 0.15) is 38.3 Å². The molecule has 1 fully saturated rings. The van der Waals surface area contributed by atoms with Crippen LogP contribution in [0.4, 0.5) is 16.2 Å². The van der Waals surface area contributed by atoms with E-state index in [4.69, 9.17) is 11.6 Å². The summed E-state index contributed by atoms with van der Waals surface area (Å²) in [6.45, 7) is 4.40. The number of carbonyl (C=O) groups is 2. The first-order valence-electron chi connectivity index (χ1n) is 9.18. The summed E-state index contributed by atoms with van der Waals surface area (Å²) in [5.74, 6) is -0.115. The summed E-state index contributed by atoms with van der Waals surface area (Å²) in [6, 6.07) is 14.7. The molecule has 3 rings (SSSR count). The minimum atomic E-state index is -0.128. The van der Waals surface area contributed by atoms with Crippen LogP contribution in [-0.4, -0.2) is 23.4 Å². The monoisotopic (exact) mass is 385 g/mol. The van der Waals surface area contributed by atoms with Crippen molar-refractivity contribution in [1.82, 2.24) is 4.90 Å². The van der Waals surface area contributed by atoms with Gasteiger partial charge in [-0.05, 0) is 54.8 Å². The molecule has 5 nitrogen and oxygen atoms in total. The van der Waals surface area contributed by atoms with Crippen molar-refractivity contribution in [2.45, 2.75) is 32.7 Å². The maximum absolute atomic E-state index is 12.7. The zero-order chi connectivity index (χ0) is 19.4. The number of rotatable bonds is 4. The Bertz CT molecular complexity index is 820. The molecule has 1 saturated heterocycles. The Morgan fingerprint density at radius 1 is 1.07 bits per heavy atom. The summed E-state index contributed by atoms with van der Waals surface area (Å²) in [4.78, 5) is 26.3. The van der Waals surface area contributed by atoms with Crippen LogP contribution >= 0.6 is 11.6 Å². The molecule has 0 saturated carbocycles. The van der Waals surface area contributed by atoms with E-state index >= 15 is 0 Å². The van der Waals surface area contributed by atoms with Crippen molar-refractivity contribution in [3.05, 3.63) is 59.1 Å². The summed E-state index contributed by atoms with van der Waals surface area (Å²) in [7, 11) is 0. The number of halogens is 1. The molecule has 2 aromatic carbocycles. The van der Waals surface area contributed by atoms with Crippen molar-refractivity contribution in [2.24, 2.45) is 5.92 Å². The molecule has 1 aliphatic rings. The Morgan fingerprint density at radius 3 is 2.37 bits per heavy atom. The molecule has 2 aromatic rings. The lowest BCUT2D eigenvalue weighted by Gasteiger charge is -2.25. The number of anilines is 2. The summed E-state index contributed by atoms with van der Waals surface area (Å²) < 4.78 is 0. The molecule has 142 valence electrons. The van der Waals surface area contributed by atoms with Crippen LogP contribution < -0.4 is 10.6 Å². The average Bonchev–Trinajstić information content (AvgIpc) is 3.13. The van der Waals surface area contributed by atoms with Gasteiger partial charge in [0.25, 0.3) is 0 Å². The number of benzene rings is 2. The minimum absolute atomic E-state index is 0.0341. The van der Waals surface area contributed by atoms with Gasteiger partial charge in [-0.3, -0.25) is 4.79 Å². The first-order valence-corrected chi connectivity index (χ1v) is 9.56. The SMILES string of the molecule is CC(C)C(=O)Nc1ccc(NC(=O)N2CCCC2c2cccc(Cl)c2)cc1. The highest BCUT2D eigenvalue weighted by Crippen LogP contribution is 2.33. The maximum atomic E-state index is 12.7. The molecule has 27 heavy (non-hydrogen) atoms. The molecule has 1 atom stereocenters. The third-order valence-electron chi connectivity index (χ3n) is 4.68. The second-order valence-electron chi connectivity index (χ2n) is 7.06. The van der Waals surface area contributed by atoms with E-state index in [1.54, 1.807) is 24.3 Å². The number of hydrogen-bond acceptors (Lipinski definition) is 2. The number of likely N-dealkylation sites (tertiary alicyclic amines) is 1. The summed E-state index contributed by atoms with van der Waals surface area (Å²) in [5.41, 5.74) is 2.46. The van der Waals surface area contributed by atoms with Gasteiger partial charge in [-0.25, -0.2) is 4.79 Å². The van der Waals surface area contributed by atoms with Crippen LogP contribution in [0.3, 0.4) is 0 Å². The van der Waals surface area contributed by atoms with Gasteiger partial charge in [0.2, 0.25) is 5.91 Å². The smallest absolute Gasteiger partial charge is 0.322 e. The van der Waals surface area contributed by atoms with Gasteiger partial charge < -0.3 is 15.5 Å². The van der Waals surface area contributed by atoms with Gasteiger partial charge in [0, 0.05) is 28.9 Å². The molecule has 0 radical (unpaired) electrons. The van der Waals surface area contributed by atoms with Crippen molar-refractivity contribution in [1.29, 1.82) is 0 Å². The predicted molar refractivity (Wildman–Crippen MR) is 109 cm³/mol. The molecule has 1 heterocycles. The minimum Gasteiger partial charge on any atom is -0.326 e. The zero-order valence-corrected chi connectivity index (χ0v) is 16.3. The van der Waals surface area contributed by atoms with Crippen LogP contribution in [0.5, 0.6) is 0 Å². The Balaban J connectivity index is 1.65. The molecule has 0 aromatic heterocycles. The standard InChI is InChI=1S/C21H24ClN3O2/c1-14(2)20(26)23-17-8-10-18(11-9-17)24-21(27)25-12-4-7-19(25)15-5-3-6-16(22)13-15/h3,5-6,8-11,13-14,19H,4,7,12H2,1-2H3,(H,23,26)(H,24,27). The first-order chi connectivity index (χ1) is 12.9. The van der Waals surface area contributed by atoms with Gasteiger partial charge in [-0.15, -0.1) is 0 Å². The highest BCUT2D eigenvalue weighted by Gasteiger charge is 2.30. The molecule has 2 N–H and O–H groups in total. The van der Waals surface area contributed by atoms with E-state index in [-0.39, 0.29) is 23.9 Å². The highest BCUT2D eigenvalue weighted by molar-refractivity contribution is 6.30. The Morgan fingerprint density at radius 2 is 1.74 bits per heavy atom. The normalized spacial score (nSPS) is 16.4. The number of nitrogens with zero attached hydrogens (tertiary/aromatic N) is 1. The van der Waals surface area contributed by atoms with E-state index < -0.39 is 0 Å². The maximum Gasteiger partial charge on any atom is 0.322 e. The van der Waals surface area contributed by atoms with Gasteiger partial charge >= 0.3 is 6.03 Å². The van der Waals surface area contributed by atoms with Crippen molar-refractivity contribution < 1.29 is 9.59 Å². The van der Waals surface area contributed by atoms with Crippen molar-refractivity contribution in [3.8, 4) is 0 Å². The molecular weight excluding hydrogens is 362 g/mol. The molecule has 6 heteroatoms. The Hall–Kier alpha value is -2.53. The Kier molecular flexibility index (Phi) is 6.01. The summed E-state index contributed by atoms with van der Waals surface area (Å²) >= 11 is 6.10. The van der Waals surface area contributed by atoms with Crippen LogP contribution in [-0.2, 0) is 4.79 Å². The van der Waals surface area contributed by atoms with Gasteiger partial charge in [0.1, 0.15) is 0 Å². The van der Waals surface area contributed by atoms with Crippen LogP contribution in [0, 0.1) is 5.92 Å². The number of nitrogens with one attached hydrogen (secondary N) is 2. The van der Waals surface area contributed by atoms with E-state index in [2.05, 4.69) is 10.6 Å². The van der Waals surface area contributed by atoms with E-state index in [9.17, 15) is 9.59 Å². The van der Waals surface area contributed by atoms with Gasteiger partial charge in [0.05, 0.1) is 6.04 Å². The molecule has 1 unspecified atom stereocenters. The van der Waals surface area contributed by atoms with Crippen molar-refractivity contribution in [2.75, 3.05) is 17.2 Å². The number of hydrogen-bond donors (Lipinski definition) is 2. The largest absolute Gasteiger partial charge is 0.326 e. The second kappa shape index (κ2) is 8.44. The third kappa shape index (κ3) is 4.80. The lowest BCUT2D eigenvalue weighted by Crippen LogP contribution is -2.34. The lowest BCUT2D eigenvalue weighted by atomic mass is 10.1. The van der Waals surface area contributed by atoms with Gasteiger partial charge in [-0.2, -0.15) is 0 Å². The zero-order valence-electron chi connectivity index (χ0n) is 15.5. The van der Waals surface area contributed by atoms with E-state index in [0.717, 1.165) is 18.4 Å². The molecular formula is C21H24ClN3O2. The van der Waals surface area contributed by atoms with Gasteiger partial charge in [0.15, 0.2) is 0 Å². The fraction of sp³-hybridized carbons (Fsp3) is 0.333. The topological polar surface area (TPSA) is 61.4 Å². The molecule has 0 bridgehead atoms. The number of amides is 3. The summed E-state index contributed by atoms with van der Waals surface area (Å²) in [5, 5.41) is 6.46. The van der Waals surface area contributed by atoms with Gasteiger partial charge in [-0.1, -0.05) is 37.6 Å².